The summed E-state index contributed by atoms with van der Waals surface area (Å²) in [6, 6.07) is 45.9. The van der Waals surface area contributed by atoms with Gasteiger partial charge in [-0.2, -0.15) is 0 Å². The Morgan fingerprint density at radius 3 is 1.09 bits per heavy atom. The Morgan fingerprint density at radius 1 is 0.362 bits per heavy atom. The van der Waals surface area contributed by atoms with Gasteiger partial charge in [0.1, 0.15) is 48.5 Å². The lowest BCUT2D eigenvalue weighted by Crippen LogP contribution is -2.45. The van der Waals surface area contributed by atoms with Gasteiger partial charge in [0.25, 0.3) is 35.4 Å². The average Bonchev–Trinajstić information content (AvgIpc) is 1.61. The predicted molar refractivity (Wildman–Crippen MR) is 512 cm³/mol. The summed E-state index contributed by atoms with van der Waals surface area (Å²) in [6.07, 6.45) is 17.9. The molecule has 26 nitrogen and oxygen atoms in total. The average molecular weight is 1800 g/mol. The Morgan fingerprint density at radius 2 is 0.692 bits per heavy atom. The van der Waals surface area contributed by atoms with E-state index in [0.717, 1.165) is 122 Å². The number of aryl methyl sites for hydroxylation is 2. The van der Waals surface area contributed by atoms with Gasteiger partial charge >= 0.3 is 0 Å². The van der Waals surface area contributed by atoms with Crippen molar-refractivity contribution in [1.29, 1.82) is 0 Å². The zero-order valence-corrected chi connectivity index (χ0v) is 78.5. The zero-order valence-electron chi connectivity index (χ0n) is 76.5. The largest absolute Gasteiger partial charge is 0.497 e. The minimum absolute atomic E-state index is 0.0103. The molecule has 0 radical (unpaired) electrons. The summed E-state index contributed by atoms with van der Waals surface area (Å²) in [5, 5.41) is 0. The SMILES string of the molecule is COc1ccc(C2=CN3C(=O)c4cc(C)c(OCCCCCOc5cc6c(cc5OC)C(=O)N5C=C(c7ccc(CN)cc7)C[C@H]5C(=O)N6COCC[Si](C)(C)C)cc4N(COCC[Si](C)(C)C)C(=O)[C@@H]3C2)cc1.COc1ccc(C2=CN3C(=O)c4cc(C)c(OCCCCCOc5cc6c(cc5OC)C(=O)N5C=C(c7ccc(CN)cc7)C[C@H]5C=N6)cc4N=C[C@@H]3C2)cc1. The third-order valence-electron chi connectivity index (χ3n) is 24.8. The van der Waals surface area contributed by atoms with Crippen LogP contribution in [0.1, 0.15) is 150 Å². The second kappa shape index (κ2) is 40.7. The molecule has 0 spiro atoms. The molecular formula is C102H118N10O16Si2. The smallest absolute Gasteiger partial charge is 0.260 e. The molecule has 130 heavy (non-hydrogen) atoms. The number of hydrogen-bond acceptors (Lipinski definition) is 20. The number of ether oxygens (including phenoxy) is 10. The fraction of sp³-hybridized carbons (Fsp3) is 0.373. The van der Waals surface area contributed by atoms with E-state index in [1.165, 1.54) is 7.11 Å². The number of amides is 6. The van der Waals surface area contributed by atoms with Gasteiger partial charge in [0.2, 0.25) is 0 Å². The summed E-state index contributed by atoms with van der Waals surface area (Å²) >= 11 is 0. The lowest BCUT2D eigenvalue weighted by atomic mass is 10.0. The van der Waals surface area contributed by atoms with Crippen molar-refractivity contribution in [2.45, 2.75) is 167 Å². The molecule has 28 heteroatoms. The van der Waals surface area contributed by atoms with Gasteiger partial charge in [0.05, 0.1) is 112 Å². The summed E-state index contributed by atoms with van der Waals surface area (Å²) in [7, 11) is 3.55. The van der Waals surface area contributed by atoms with E-state index in [1.807, 2.05) is 160 Å². The quantitative estimate of drug-likeness (QED) is 0.0272. The van der Waals surface area contributed by atoms with E-state index < -0.39 is 28.2 Å². The first kappa shape index (κ1) is 92.3. The summed E-state index contributed by atoms with van der Waals surface area (Å²) in [5.74, 6) is 3.49. The molecule has 8 aromatic rings. The van der Waals surface area contributed by atoms with Gasteiger partial charge in [-0.3, -0.25) is 48.6 Å². The zero-order chi connectivity index (χ0) is 91.7. The third kappa shape index (κ3) is 20.9. The maximum absolute atomic E-state index is 14.6. The first-order chi connectivity index (χ1) is 62.7. The molecule has 0 aliphatic carbocycles. The molecular weight excluding hydrogens is 1680 g/mol. The number of anilines is 2. The highest BCUT2D eigenvalue weighted by atomic mass is 28.3. The first-order valence-electron chi connectivity index (χ1n) is 44.8. The normalized spacial score (nSPS) is 17.8. The molecule has 8 aliphatic rings. The Labute approximate surface area is 763 Å². The molecule has 0 aromatic heterocycles. The molecule has 16 rings (SSSR count). The van der Waals surface area contributed by atoms with Crippen LogP contribution in [0.5, 0.6) is 46.0 Å². The van der Waals surface area contributed by atoms with E-state index in [0.29, 0.717) is 165 Å². The molecule has 4 atom stereocenters. The predicted octanol–water partition coefficient (Wildman–Crippen LogP) is 18.0. The highest BCUT2D eigenvalue weighted by Gasteiger charge is 2.46. The van der Waals surface area contributed by atoms with Gasteiger partial charge in [-0.1, -0.05) is 112 Å². The van der Waals surface area contributed by atoms with Gasteiger partial charge in [0, 0.05) is 130 Å². The highest BCUT2D eigenvalue weighted by Crippen LogP contribution is 2.47. The van der Waals surface area contributed by atoms with Crippen LogP contribution in [0.3, 0.4) is 0 Å². The molecule has 0 unspecified atom stereocenters. The second-order valence-corrected chi connectivity index (χ2v) is 47.6. The van der Waals surface area contributed by atoms with Gasteiger partial charge in [0.15, 0.2) is 23.0 Å². The summed E-state index contributed by atoms with van der Waals surface area (Å²) < 4.78 is 59.6. The maximum Gasteiger partial charge on any atom is 0.260 e. The van der Waals surface area contributed by atoms with Crippen LogP contribution < -0.4 is 59.2 Å². The van der Waals surface area contributed by atoms with Crippen molar-refractivity contribution in [1.82, 2.24) is 19.6 Å². The maximum atomic E-state index is 14.6. The minimum atomic E-state index is -1.42. The molecule has 0 bridgehead atoms. The van der Waals surface area contributed by atoms with Crippen LogP contribution in [-0.2, 0) is 32.2 Å². The number of carbonyl (C=O) groups excluding carboxylic acids is 6. The molecule has 0 saturated heterocycles. The van der Waals surface area contributed by atoms with E-state index in [-0.39, 0.29) is 61.0 Å². The first-order valence-corrected chi connectivity index (χ1v) is 52.2. The number of unbranched alkanes of at least 4 members (excludes halogenated alkanes) is 4. The lowest BCUT2D eigenvalue weighted by Gasteiger charge is -2.27. The Balaban J connectivity index is 0.000000207. The third-order valence-corrected chi connectivity index (χ3v) is 28.2. The van der Waals surface area contributed by atoms with Gasteiger partial charge in [-0.25, -0.2) is 0 Å². The number of nitrogens with zero attached hydrogens (tertiary/aromatic N) is 8. The monoisotopic (exact) mass is 1790 g/mol. The lowest BCUT2D eigenvalue weighted by molar-refractivity contribution is -0.123. The van der Waals surface area contributed by atoms with Crippen molar-refractivity contribution in [2.24, 2.45) is 21.5 Å². The van der Waals surface area contributed by atoms with E-state index in [1.54, 1.807) is 87.4 Å². The van der Waals surface area contributed by atoms with E-state index in [9.17, 15) is 28.8 Å². The fourth-order valence-electron chi connectivity index (χ4n) is 17.0. The number of aliphatic imine (C=N–C) groups is 2. The Bertz CT molecular complexity index is 5760. The van der Waals surface area contributed by atoms with Crippen LogP contribution in [-0.4, -0.2) is 189 Å². The summed E-state index contributed by atoms with van der Waals surface area (Å²) in [6.45, 7) is 21.2. The molecule has 8 aliphatic heterocycles. The van der Waals surface area contributed by atoms with Gasteiger partial charge in [-0.15, -0.1) is 0 Å². The van der Waals surface area contributed by atoms with Crippen LogP contribution in [0.2, 0.25) is 51.4 Å². The summed E-state index contributed by atoms with van der Waals surface area (Å²) in [4.78, 5) is 105. The van der Waals surface area contributed by atoms with Crippen molar-refractivity contribution in [3.63, 3.8) is 0 Å². The van der Waals surface area contributed by atoms with Crippen LogP contribution in [0, 0.1) is 13.8 Å². The number of hydrogen-bond donors (Lipinski definition) is 2. The molecule has 6 amide bonds. The van der Waals surface area contributed by atoms with Crippen molar-refractivity contribution >= 4 is 109 Å². The molecule has 8 heterocycles. The van der Waals surface area contributed by atoms with E-state index >= 15 is 0 Å². The van der Waals surface area contributed by atoms with Crippen LogP contribution in [0.25, 0.3) is 22.3 Å². The number of fused-ring (bicyclic) bond motifs is 8. The molecule has 0 fully saturated rings. The topological polar surface area (TPSA) is 291 Å². The number of nitrogens with two attached hydrogens (primary N) is 2. The molecule has 4 N–H and O–H groups in total. The number of rotatable bonds is 36. The standard InChI is InChI=1S/C57H73N5O10Si2.C45H45N5O6/c1-38-27-45-47(61(36-69-23-25-73(4,5)6)56(65)49-29-43(35-59(49)54(45)63)41-17-19-44(67-2)20-18-41)31-51(38)71-21-11-10-12-22-72-53-32-48-46(30-52(53)68-3)55(64)60-34-42(40-15-13-39(33-58)14-16-40)28-50(60)57(66)62(48)37-70-24-26-74(7,8)9;1-28-17-37-39(47-24-34-19-33(27-49(34)44(37)51)31-11-13-36(53-2)14-12-31)21-41(28)55-15-5-4-6-16-56-43-22-40-38(20-42(43)54-3)45(52)50-26-32(18-35(50)25-48-40)30-9-7-29(23-46)8-10-30/h13-20,27,30-32,34-35,49-50H,10-12,21-26,28-29,33,36-37,58H2,1-9H3;7-14,17,20-22,24-27,34-35H,4-6,15-16,18-19,23,46H2,1-3H3/t49-,50-;34-,35-/m00/s1. The van der Waals surface area contributed by atoms with E-state index in [2.05, 4.69) is 39.3 Å². The Hall–Kier alpha value is -12.4. The molecule has 8 aromatic carbocycles. The van der Waals surface area contributed by atoms with Gasteiger partial charge < -0.3 is 78.4 Å². The highest BCUT2D eigenvalue weighted by molar-refractivity contribution is 6.76. The van der Waals surface area contributed by atoms with Crippen molar-refractivity contribution in [3.05, 3.63) is 237 Å². The Kier molecular flexibility index (Phi) is 28.9. The van der Waals surface area contributed by atoms with E-state index in [4.69, 9.17) is 68.8 Å². The van der Waals surface area contributed by atoms with Crippen molar-refractivity contribution < 1.29 is 76.1 Å². The fourth-order valence-corrected chi connectivity index (χ4v) is 18.6. The number of benzene rings is 8. The summed E-state index contributed by atoms with van der Waals surface area (Å²) in [5.41, 5.74) is 27.1. The van der Waals surface area contributed by atoms with Crippen molar-refractivity contribution in [2.75, 3.05) is 91.3 Å². The van der Waals surface area contributed by atoms with Gasteiger partial charge in [-0.05, 0) is 180 Å². The number of carbonyl (C=O) groups is 6. The van der Waals surface area contributed by atoms with Crippen LogP contribution in [0.4, 0.5) is 22.7 Å². The molecule has 680 valence electrons. The second-order valence-electron chi connectivity index (χ2n) is 36.3. The molecule has 0 saturated carbocycles. The van der Waals surface area contributed by atoms with Crippen LogP contribution >= 0.6 is 0 Å². The van der Waals surface area contributed by atoms with Crippen molar-refractivity contribution in [3.8, 4) is 46.0 Å². The minimum Gasteiger partial charge on any atom is -0.497 e. The number of methoxy groups -OCH3 is 4. The van der Waals surface area contributed by atoms with Crippen LogP contribution in [0.15, 0.2) is 180 Å².